The number of aliphatic hydroxyl groups excluding tert-OH is 1. The van der Waals surface area contributed by atoms with Gasteiger partial charge in [-0.05, 0) is 36.8 Å². The molecule has 9 nitrogen and oxygen atoms in total. The number of aromatic nitrogens is 3. The Labute approximate surface area is 177 Å². The lowest BCUT2D eigenvalue weighted by atomic mass is 10.1. The molecule has 31 heavy (non-hydrogen) atoms. The number of furan rings is 1. The van der Waals surface area contributed by atoms with E-state index in [4.69, 9.17) is 4.42 Å². The summed E-state index contributed by atoms with van der Waals surface area (Å²) in [5, 5.41) is 23.6. The van der Waals surface area contributed by atoms with Gasteiger partial charge in [-0.2, -0.15) is 13.9 Å². The number of hydrogen-bond acceptors (Lipinski definition) is 6. The molecule has 0 bridgehead atoms. The van der Waals surface area contributed by atoms with Crippen LogP contribution in [0.1, 0.15) is 24.4 Å². The number of guanidine groups is 1. The van der Waals surface area contributed by atoms with Gasteiger partial charge in [0, 0.05) is 19.5 Å². The molecule has 166 valence electrons. The molecule has 0 aliphatic rings. The quantitative estimate of drug-likeness (QED) is 0.286. The highest BCUT2D eigenvalue weighted by atomic mass is 19.3. The molecule has 1 aromatic carbocycles. The van der Waals surface area contributed by atoms with Gasteiger partial charge in [-0.1, -0.05) is 12.1 Å². The van der Waals surface area contributed by atoms with Crippen LogP contribution in [0.3, 0.4) is 0 Å². The summed E-state index contributed by atoms with van der Waals surface area (Å²) in [7, 11) is 0. The van der Waals surface area contributed by atoms with Crippen molar-refractivity contribution in [2.24, 2.45) is 4.99 Å². The molecule has 0 aliphatic heterocycles. The smallest absolute Gasteiger partial charge is 0.387 e. The maximum Gasteiger partial charge on any atom is 0.387 e. The van der Waals surface area contributed by atoms with Gasteiger partial charge >= 0.3 is 6.61 Å². The van der Waals surface area contributed by atoms with Gasteiger partial charge in [-0.15, -0.1) is 0 Å². The number of benzene rings is 1. The normalized spacial score (nSPS) is 12.7. The highest BCUT2D eigenvalue weighted by molar-refractivity contribution is 5.79. The Morgan fingerprint density at radius 3 is 2.74 bits per heavy atom. The van der Waals surface area contributed by atoms with Crippen LogP contribution < -0.4 is 15.4 Å². The van der Waals surface area contributed by atoms with Gasteiger partial charge in [-0.3, -0.25) is 10.1 Å². The molecule has 0 aliphatic carbocycles. The van der Waals surface area contributed by atoms with Crippen LogP contribution >= 0.6 is 0 Å². The van der Waals surface area contributed by atoms with Crippen LogP contribution in [0.4, 0.5) is 8.78 Å². The van der Waals surface area contributed by atoms with Crippen molar-refractivity contribution in [2.45, 2.75) is 26.1 Å². The van der Waals surface area contributed by atoms with Gasteiger partial charge < -0.3 is 24.9 Å². The molecule has 0 amide bonds. The van der Waals surface area contributed by atoms with Crippen LogP contribution in [0, 0.1) is 0 Å². The summed E-state index contributed by atoms with van der Waals surface area (Å²) >= 11 is 0. The molecule has 11 heteroatoms. The minimum absolute atomic E-state index is 0.0343. The molecule has 0 saturated carbocycles. The molecule has 1 unspecified atom stereocenters. The number of aliphatic imine (C=N–C) groups is 1. The van der Waals surface area contributed by atoms with Gasteiger partial charge in [0.1, 0.15) is 11.6 Å². The van der Waals surface area contributed by atoms with E-state index in [0.717, 1.165) is 0 Å². The lowest BCUT2D eigenvalue weighted by molar-refractivity contribution is -0.0498. The van der Waals surface area contributed by atoms with Crippen molar-refractivity contribution in [3.05, 3.63) is 54.0 Å². The Morgan fingerprint density at radius 2 is 2.06 bits per heavy atom. The van der Waals surface area contributed by atoms with E-state index < -0.39 is 12.7 Å². The average molecular weight is 434 g/mol. The Morgan fingerprint density at radius 1 is 1.26 bits per heavy atom. The van der Waals surface area contributed by atoms with E-state index in [9.17, 15) is 13.9 Å². The zero-order valence-electron chi connectivity index (χ0n) is 16.9. The molecule has 0 saturated heterocycles. The van der Waals surface area contributed by atoms with Crippen LogP contribution in [0.5, 0.6) is 5.75 Å². The zero-order valence-corrected chi connectivity index (χ0v) is 16.9. The fraction of sp³-hybridized carbons (Fsp3) is 0.350. The van der Waals surface area contributed by atoms with Crippen molar-refractivity contribution < 1.29 is 23.0 Å². The molecule has 0 radical (unpaired) electrons. The number of nitrogens with one attached hydrogen (secondary N) is 3. The SMILES string of the molecule is CCNC(=NCC(O)c1ccc(OC(F)F)cc1)NCCc1nc(-c2ccco2)n[nH]1. The molecule has 1 atom stereocenters. The fourth-order valence-corrected chi connectivity index (χ4v) is 2.72. The van der Waals surface area contributed by atoms with E-state index in [-0.39, 0.29) is 12.3 Å². The van der Waals surface area contributed by atoms with E-state index in [1.807, 2.05) is 6.92 Å². The average Bonchev–Trinajstić information content (AvgIpc) is 3.44. The van der Waals surface area contributed by atoms with Crippen molar-refractivity contribution in [1.82, 2.24) is 25.8 Å². The maximum absolute atomic E-state index is 12.2. The summed E-state index contributed by atoms with van der Waals surface area (Å²) in [4.78, 5) is 8.75. The molecule has 3 aromatic rings. The molecule has 2 heterocycles. The van der Waals surface area contributed by atoms with Gasteiger partial charge in [0.15, 0.2) is 11.7 Å². The highest BCUT2D eigenvalue weighted by Gasteiger charge is 2.11. The standard InChI is InChI=1S/C20H24F2N6O3/c1-2-23-20(24-10-9-17-26-18(28-27-17)16-4-3-11-30-16)25-12-15(29)13-5-7-14(8-6-13)31-19(21)22/h3-8,11,15,19,29H,2,9-10,12H2,1H3,(H2,23,24,25)(H,26,27,28). The molecule has 2 aromatic heterocycles. The first kappa shape index (κ1) is 22.2. The molecule has 3 rings (SSSR count). The first-order valence-electron chi connectivity index (χ1n) is 9.75. The molecular formula is C20H24F2N6O3. The van der Waals surface area contributed by atoms with Crippen LogP contribution in [0.15, 0.2) is 52.1 Å². The van der Waals surface area contributed by atoms with Crippen molar-refractivity contribution in [3.63, 3.8) is 0 Å². The zero-order chi connectivity index (χ0) is 22.1. The minimum atomic E-state index is -2.89. The van der Waals surface area contributed by atoms with Gasteiger partial charge in [-0.25, -0.2) is 4.98 Å². The summed E-state index contributed by atoms with van der Waals surface area (Å²) in [6, 6.07) is 9.37. The van der Waals surface area contributed by atoms with E-state index >= 15 is 0 Å². The first-order valence-corrected chi connectivity index (χ1v) is 9.75. The van der Waals surface area contributed by atoms with Crippen LogP contribution in [-0.4, -0.2) is 52.5 Å². The number of nitrogens with zero attached hydrogens (tertiary/aromatic N) is 3. The highest BCUT2D eigenvalue weighted by Crippen LogP contribution is 2.19. The lowest BCUT2D eigenvalue weighted by Crippen LogP contribution is -2.38. The summed E-state index contributed by atoms with van der Waals surface area (Å²) in [6.45, 7) is 0.320. The van der Waals surface area contributed by atoms with Crippen LogP contribution in [0.2, 0.25) is 0 Å². The number of ether oxygens (including phenoxy) is 1. The largest absolute Gasteiger partial charge is 0.461 e. The molecule has 0 spiro atoms. The number of aromatic amines is 1. The third kappa shape index (κ3) is 6.78. The predicted molar refractivity (Wildman–Crippen MR) is 110 cm³/mol. The summed E-state index contributed by atoms with van der Waals surface area (Å²) in [6.07, 6.45) is 1.25. The van der Waals surface area contributed by atoms with Crippen molar-refractivity contribution in [3.8, 4) is 17.3 Å². The number of alkyl halides is 2. The van der Waals surface area contributed by atoms with Crippen molar-refractivity contribution in [2.75, 3.05) is 19.6 Å². The van der Waals surface area contributed by atoms with Crippen LogP contribution in [0.25, 0.3) is 11.6 Å². The second kappa shape index (κ2) is 11.1. The fourth-order valence-electron chi connectivity index (χ4n) is 2.72. The predicted octanol–water partition coefficient (Wildman–Crippen LogP) is 2.50. The van der Waals surface area contributed by atoms with Gasteiger partial charge in [0.05, 0.1) is 18.9 Å². The Balaban J connectivity index is 1.50. The first-order chi connectivity index (χ1) is 15.0. The second-order valence-electron chi connectivity index (χ2n) is 6.44. The number of H-pyrrole nitrogens is 1. The summed E-state index contributed by atoms with van der Waals surface area (Å²) in [5.41, 5.74) is 0.549. The van der Waals surface area contributed by atoms with Crippen molar-refractivity contribution in [1.29, 1.82) is 0 Å². The van der Waals surface area contributed by atoms with E-state index in [0.29, 0.717) is 48.4 Å². The Hall–Kier alpha value is -3.47. The summed E-state index contributed by atoms with van der Waals surface area (Å²) < 4.78 is 34.0. The number of rotatable bonds is 10. The third-order valence-corrected chi connectivity index (χ3v) is 4.18. The Kier molecular flexibility index (Phi) is 7.93. The minimum Gasteiger partial charge on any atom is -0.461 e. The van der Waals surface area contributed by atoms with E-state index in [2.05, 4.69) is 35.5 Å². The van der Waals surface area contributed by atoms with Crippen LogP contribution in [-0.2, 0) is 6.42 Å². The van der Waals surface area contributed by atoms with Gasteiger partial charge in [0.25, 0.3) is 0 Å². The summed E-state index contributed by atoms with van der Waals surface area (Å²) in [5.74, 6) is 2.35. The number of halogens is 2. The number of hydrogen-bond donors (Lipinski definition) is 4. The molecular weight excluding hydrogens is 410 g/mol. The Bertz CT molecular complexity index is 944. The molecule has 4 N–H and O–H groups in total. The van der Waals surface area contributed by atoms with E-state index in [1.165, 1.54) is 24.3 Å². The van der Waals surface area contributed by atoms with E-state index in [1.54, 1.807) is 18.4 Å². The monoisotopic (exact) mass is 434 g/mol. The van der Waals surface area contributed by atoms with Gasteiger partial charge in [0.2, 0.25) is 5.82 Å². The second-order valence-corrected chi connectivity index (χ2v) is 6.44. The lowest BCUT2D eigenvalue weighted by Gasteiger charge is -2.13. The maximum atomic E-state index is 12.2. The topological polar surface area (TPSA) is 121 Å². The van der Waals surface area contributed by atoms with Crippen molar-refractivity contribution >= 4 is 5.96 Å². The third-order valence-electron chi connectivity index (χ3n) is 4.18. The molecule has 0 fully saturated rings. The number of aliphatic hydroxyl groups is 1.